The van der Waals surface area contributed by atoms with Crippen molar-refractivity contribution in [2.75, 3.05) is 11.8 Å². The van der Waals surface area contributed by atoms with Gasteiger partial charge in [-0.3, -0.25) is 9.82 Å². The quantitative estimate of drug-likeness (QED) is 0.814. The fourth-order valence-corrected chi connectivity index (χ4v) is 2.44. The van der Waals surface area contributed by atoms with Crippen molar-refractivity contribution in [1.29, 1.82) is 0 Å². The van der Waals surface area contributed by atoms with Crippen LogP contribution >= 0.6 is 0 Å². The molecule has 0 aliphatic heterocycles. The molecule has 0 saturated heterocycles. The molecule has 0 spiro atoms. The SMILES string of the molecule is COC(=O)c1ccc(S(=O)(=O)Nc2cn[nH]c2)cc1. The molecule has 2 rings (SSSR count). The van der Waals surface area contributed by atoms with Crippen LogP contribution in [0.1, 0.15) is 10.4 Å². The van der Waals surface area contributed by atoms with Gasteiger partial charge in [0.05, 0.1) is 29.5 Å². The molecule has 1 heterocycles. The van der Waals surface area contributed by atoms with E-state index in [0.717, 1.165) is 0 Å². The highest BCUT2D eigenvalue weighted by molar-refractivity contribution is 7.92. The molecule has 8 heteroatoms. The summed E-state index contributed by atoms with van der Waals surface area (Å²) < 4.78 is 30.8. The van der Waals surface area contributed by atoms with Crippen molar-refractivity contribution >= 4 is 21.7 Å². The normalized spacial score (nSPS) is 11.0. The number of methoxy groups -OCH3 is 1. The van der Waals surface area contributed by atoms with E-state index in [1.54, 1.807) is 0 Å². The van der Waals surface area contributed by atoms with Crippen molar-refractivity contribution in [3.05, 3.63) is 42.2 Å². The third kappa shape index (κ3) is 2.91. The minimum atomic E-state index is -3.69. The molecule has 1 aromatic carbocycles. The minimum Gasteiger partial charge on any atom is -0.465 e. The van der Waals surface area contributed by atoms with Crippen molar-refractivity contribution in [3.8, 4) is 0 Å². The van der Waals surface area contributed by atoms with E-state index in [0.29, 0.717) is 5.69 Å². The Hall–Kier alpha value is -2.35. The molecule has 0 fully saturated rings. The molecule has 0 unspecified atom stereocenters. The first-order valence-corrected chi connectivity index (χ1v) is 6.71. The zero-order chi connectivity index (χ0) is 13.9. The fraction of sp³-hybridized carbons (Fsp3) is 0.0909. The third-order valence-electron chi connectivity index (χ3n) is 2.34. The number of benzene rings is 1. The number of rotatable bonds is 4. The Morgan fingerprint density at radius 3 is 2.53 bits per heavy atom. The summed E-state index contributed by atoms with van der Waals surface area (Å²) in [6.45, 7) is 0. The maximum Gasteiger partial charge on any atom is 0.337 e. The van der Waals surface area contributed by atoms with Gasteiger partial charge < -0.3 is 4.74 Å². The summed E-state index contributed by atoms with van der Waals surface area (Å²) in [7, 11) is -2.44. The van der Waals surface area contributed by atoms with Gasteiger partial charge in [0.1, 0.15) is 0 Å². The van der Waals surface area contributed by atoms with E-state index < -0.39 is 16.0 Å². The van der Waals surface area contributed by atoms with Crippen molar-refractivity contribution in [2.45, 2.75) is 4.90 Å². The van der Waals surface area contributed by atoms with Gasteiger partial charge in [-0.25, -0.2) is 13.2 Å². The summed E-state index contributed by atoms with van der Waals surface area (Å²) in [5.41, 5.74) is 0.613. The van der Waals surface area contributed by atoms with Crippen molar-refractivity contribution in [3.63, 3.8) is 0 Å². The van der Waals surface area contributed by atoms with E-state index in [1.807, 2.05) is 0 Å². The molecule has 2 N–H and O–H groups in total. The summed E-state index contributed by atoms with van der Waals surface area (Å²) in [5, 5.41) is 6.13. The Balaban J connectivity index is 2.24. The zero-order valence-corrected chi connectivity index (χ0v) is 10.8. The Bertz CT molecular complexity index is 662. The molecule has 100 valence electrons. The molecule has 0 saturated carbocycles. The molecule has 0 atom stereocenters. The van der Waals surface area contributed by atoms with Crippen LogP contribution in [0.4, 0.5) is 5.69 Å². The molecule has 0 radical (unpaired) electrons. The number of nitrogens with one attached hydrogen (secondary N) is 2. The Labute approximate surface area is 109 Å². The van der Waals surface area contributed by atoms with Gasteiger partial charge in [0.15, 0.2) is 0 Å². The van der Waals surface area contributed by atoms with Crippen LogP contribution < -0.4 is 4.72 Å². The number of H-pyrrole nitrogens is 1. The number of nitrogens with zero attached hydrogens (tertiary/aromatic N) is 1. The molecule has 0 aliphatic carbocycles. The molecule has 2 aromatic rings. The molecule has 19 heavy (non-hydrogen) atoms. The molecule has 7 nitrogen and oxygen atoms in total. The number of carbonyl (C=O) groups excluding carboxylic acids is 1. The molecule has 0 amide bonds. The van der Waals surface area contributed by atoms with Gasteiger partial charge in [0.2, 0.25) is 0 Å². The van der Waals surface area contributed by atoms with Gasteiger partial charge >= 0.3 is 5.97 Å². The van der Waals surface area contributed by atoms with Gasteiger partial charge in [-0.15, -0.1) is 0 Å². The number of esters is 1. The predicted octanol–water partition coefficient (Wildman–Crippen LogP) is 0.997. The fourth-order valence-electron chi connectivity index (χ4n) is 1.41. The van der Waals surface area contributed by atoms with Crippen LogP contribution in [0.3, 0.4) is 0 Å². The van der Waals surface area contributed by atoms with Crippen LogP contribution in [0.5, 0.6) is 0 Å². The summed E-state index contributed by atoms with van der Waals surface area (Å²) in [4.78, 5) is 11.3. The lowest BCUT2D eigenvalue weighted by Gasteiger charge is -2.06. The van der Waals surface area contributed by atoms with Gasteiger partial charge in [-0.05, 0) is 24.3 Å². The van der Waals surface area contributed by atoms with Crippen molar-refractivity contribution in [1.82, 2.24) is 10.2 Å². The maximum absolute atomic E-state index is 12.0. The number of carbonyl (C=O) groups is 1. The number of hydrogen-bond acceptors (Lipinski definition) is 5. The summed E-state index contributed by atoms with van der Waals surface area (Å²) in [6.07, 6.45) is 2.76. The van der Waals surface area contributed by atoms with Crippen LogP contribution in [0.15, 0.2) is 41.6 Å². The predicted molar refractivity (Wildman–Crippen MR) is 67.2 cm³/mol. The van der Waals surface area contributed by atoms with E-state index in [-0.39, 0.29) is 10.5 Å². The first-order valence-electron chi connectivity index (χ1n) is 5.23. The standard InChI is InChI=1S/C11H11N3O4S/c1-18-11(15)8-2-4-10(5-3-8)19(16,17)14-9-6-12-13-7-9/h2-7,14H,1H3,(H,12,13). The number of hydrogen-bond donors (Lipinski definition) is 2. The monoisotopic (exact) mass is 281 g/mol. The first-order chi connectivity index (χ1) is 9.03. The average molecular weight is 281 g/mol. The van der Waals surface area contributed by atoms with Crippen molar-refractivity contribution < 1.29 is 17.9 Å². The molecular weight excluding hydrogens is 270 g/mol. The van der Waals surface area contributed by atoms with Gasteiger partial charge in [-0.1, -0.05) is 0 Å². The van der Waals surface area contributed by atoms with Crippen molar-refractivity contribution in [2.24, 2.45) is 0 Å². The van der Waals surface area contributed by atoms with Gasteiger partial charge in [0, 0.05) is 6.20 Å². The van der Waals surface area contributed by atoms with E-state index in [4.69, 9.17) is 0 Å². The molecule has 0 aliphatic rings. The van der Waals surface area contributed by atoms with Crippen LogP contribution in [0, 0.1) is 0 Å². The lowest BCUT2D eigenvalue weighted by molar-refractivity contribution is 0.0600. The Morgan fingerprint density at radius 2 is 2.00 bits per heavy atom. The number of anilines is 1. The van der Waals surface area contributed by atoms with Crippen LogP contribution in [0.25, 0.3) is 0 Å². The third-order valence-corrected chi connectivity index (χ3v) is 3.73. The lowest BCUT2D eigenvalue weighted by Crippen LogP contribution is -2.12. The van der Waals surface area contributed by atoms with Crippen LogP contribution in [-0.4, -0.2) is 31.7 Å². The second-order valence-electron chi connectivity index (χ2n) is 3.61. The summed E-state index contributed by atoms with van der Waals surface area (Å²) in [6, 6.07) is 5.43. The zero-order valence-electron chi connectivity index (χ0n) is 9.95. The number of sulfonamides is 1. The topological polar surface area (TPSA) is 101 Å². The lowest BCUT2D eigenvalue weighted by atomic mass is 10.2. The largest absolute Gasteiger partial charge is 0.465 e. The second-order valence-corrected chi connectivity index (χ2v) is 5.29. The van der Waals surface area contributed by atoms with Crippen LogP contribution in [0.2, 0.25) is 0 Å². The van der Waals surface area contributed by atoms with E-state index in [1.165, 1.54) is 43.8 Å². The smallest absolute Gasteiger partial charge is 0.337 e. The maximum atomic E-state index is 12.0. The molecular formula is C11H11N3O4S. The summed E-state index contributed by atoms with van der Waals surface area (Å²) >= 11 is 0. The van der Waals surface area contributed by atoms with E-state index >= 15 is 0 Å². The molecule has 1 aromatic heterocycles. The highest BCUT2D eigenvalue weighted by Crippen LogP contribution is 2.15. The highest BCUT2D eigenvalue weighted by atomic mass is 32.2. The van der Waals surface area contributed by atoms with Crippen LogP contribution in [-0.2, 0) is 14.8 Å². The van der Waals surface area contributed by atoms with E-state index in [9.17, 15) is 13.2 Å². The van der Waals surface area contributed by atoms with Gasteiger partial charge in [-0.2, -0.15) is 5.10 Å². The number of ether oxygens (including phenoxy) is 1. The summed E-state index contributed by atoms with van der Waals surface area (Å²) in [5.74, 6) is -0.522. The van der Waals surface area contributed by atoms with E-state index in [2.05, 4.69) is 19.7 Å². The second kappa shape index (κ2) is 5.11. The number of aromatic nitrogens is 2. The number of aromatic amines is 1. The highest BCUT2D eigenvalue weighted by Gasteiger charge is 2.15. The molecule has 0 bridgehead atoms. The Kier molecular flexibility index (Phi) is 3.52. The average Bonchev–Trinajstić information content (AvgIpc) is 2.90. The Morgan fingerprint density at radius 1 is 1.32 bits per heavy atom. The minimum absolute atomic E-state index is 0.0429. The van der Waals surface area contributed by atoms with Gasteiger partial charge in [0.25, 0.3) is 10.0 Å². The first kappa shape index (κ1) is 13.1.